The summed E-state index contributed by atoms with van der Waals surface area (Å²) < 4.78 is 0. The maximum atomic E-state index is 3.94. The first-order valence-electron chi connectivity index (χ1n) is 9.13. The van der Waals surface area contributed by atoms with Crippen LogP contribution < -0.4 is 5.32 Å². The summed E-state index contributed by atoms with van der Waals surface area (Å²) in [7, 11) is 2.24. The van der Waals surface area contributed by atoms with Crippen molar-refractivity contribution >= 4 is 0 Å². The Morgan fingerprint density at radius 2 is 1.71 bits per heavy atom. The molecule has 3 nitrogen and oxygen atoms in total. The van der Waals surface area contributed by atoms with Gasteiger partial charge in [0, 0.05) is 44.8 Å². The van der Waals surface area contributed by atoms with Gasteiger partial charge < -0.3 is 10.2 Å². The molecule has 0 aromatic heterocycles. The second-order valence-corrected chi connectivity index (χ2v) is 8.06. The van der Waals surface area contributed by atoms with Gasteiger partial charge in [-0.25, -0.2) is 0 Å². The van der Waals surface area contributed by atoms with E-state index >= 15 is 0 Å². The molecule has 124 valence electrons. The molecule has 2 fully saturated rings. The summed E-state index contributed by atoms with van der Waals surface area (Å²) in [6.45, 7) is 15.7. The maximum absolute atomic E-state index is 3.94. The zero-order chi connectivity index (χ0) is 15.4. The van der Waals surface area contributed by atoms with Crippen molar-refractivity contribution < 1.29 is 0 Å². The Hall–Kier alpha value is -0.120. The van der Waals surface area contributed by atoms with Gasteiger partial charge in [-0.05, 0) is 37.6 Å². The fraction of sp³-hybridized carbons (Fsp3) is 1.00. The van der Waals surface area contributed by atoms with Crippen molar-refractivity contribution in [3.8, 4) is 0 Å². The van der Waals surface area contributed by atoms with Crippen LogP contribution >= 0.6 is 0 Å². The van der Waals surface area contributed by atoms with Gasteiger partial charge >= 0.3 is 0 Å². The van der Waals surface area contributed by atoms with E-state index < -0.39 is 0 Å². The number of likely N-dealkylation sites (N-methyl/N-ethyl adjacent to an activating group) is 1. The second-order valence-electron chi connectivity index (χ2n) is 8.06. The highest BCUT2D eigenvalue weighted by atomic mass is 15.3. The molecule has 2 rings (SSSR count). The lowest BCUT2D eigenvalue weighted by atomic mass is 9.80. The minimum absolute atomic E-state index is 0.697. The van der Waals surface area contributed by atoms with Crippen molar-refractivity contribution in [3.05, 3.63) is 0 Å². The van der Waals surface area contributed by atoms with Crippen LogP contribution in [0.15, 0.2) is 0 Å². The summed E-state index contributed by atoms with van der Waals surface area (Å²) in [5.74, 6) is 2.48. The Morgan fingerprint density at radius 3 is 2.33 bits per heavy atom. The van der Waals surface area contributed by atoms with Crippen molar-refractivity contribution in [2.45, 2.75) is 59.0 Å². The van der Waals surface area contributed by atoms with Crippen LogP contribution in [0.1, 0.15) is 47.0 Å². The highest BCUT2D eigenvalue weighted by molar-refractivity contribution is 4.86. The Bertz CT molecular complexity index is 297. The summed E-state index contributed by atoms with van der Waals surface area (Å²) >= 11 is 0. The van der Waals surface area contributed by atoms with E-state index in [0.717, 1.165) is 23.8 Å². The molecule has 4 atom stereocenters. The Labute approximate surface area is 132 Å². The van der Waals surface area contributed by atoms with Crippen LogP contribution in [0.25, 0.3) is 0 Å². The molecular weight excluding hydrogens is 258 g/mol. The summed E-state index contributed by atoms with van der Waals surface area (Å²) in [6, 6.07) is 1.44. The number of nitrogens with one attached hydrogen (secondary N) is 1. The molecule has 21 heavy (non-hydrogen) atoms. The first kappa shape index (κ1) is 17.2. The Morgan fingerprint density at radius 1 is 1.05 bits per heavy atom. The quantitative estimate of drug-likeness (QED) is 0.841. The molecule has 1 aliphatic heterocycles. The second kappa shape index (κ2) is 7.94. The molecule has 4 unspecified atom stereocenters. The number of hydrogen-bond donors (Lipinski definition) is 1. The predicted octanol–water partition coefficient (Wildman–Crippen LogP) is 2.67. The predicted molar refractivity (Wildman–Crippen MR) is 91.7 cm³/mol. The van der Waals surface area contributed by atoms with Gasteiger partial charge in [-0.2, -0.15) is 0 Å². The summed E-state index contributed by atoms with van der Waals surface area (Å²) in [4.78, 5) is 5.17. The van der Waals surface area contributed by atoms with E-state index in [0.29, 0.717) is 6.04 Å². The van der Waals surface area contributed by atoms with E-state index in [2.05, 4.69) is 49.9 Å². The van der Waals surface area contributed by atoms with E-state index in [4.69, 9.17) is 0 Å². The largest absolute Gasteiger partial charge is 0.312 e. The Kier molecular flexibility index (Phi) is 6.51. The van der Waals surface area contributed by atoms with Crippen LogP contribution in [0, 0.1) is 17.8 Å². The van der Waals surface area contributed by atoms with Crippen molar-refractivity contribution in [2.75, 3.05) is 39.8 Å². The molecule has 1 heterocycles. The van der Waals surface area contributed by atoms with Gasteiger partial charge in [0.2, 0.25) is 0 Å². The van der Waals surface area contributed by atoms with E-state index in [1.54, 1.807) is 0 Å². The third kappa shape index (κ3) is 4.94. The molecule has 0 aromatic carbocycles. The first-order chi connectivity index (χ1) is 9.97. The SMILES string of the molecule is CC1CCC(C)C(NCC(C(C)C)N2CCN(C)CC2)C1. The molecule has 0 bridgehead atoms. The minimum atomic E-state index is 0.697. The lowest BCUT2D eigenvalue weighted by Crippen LogP contribution is -2.55. The van der Waals surface area contributed by atoms with Gasteiger partial charge in [0.25, 0.3) is 0 Å². The topological polar surface area (TPSA) is 18.5 Å². The number of nitrogens with zero attached hydrogens (tertiary/aromatic N) is 2. The van der Waals surface area contributed by atoms with E-state index in [1.165, 1.54) is 52.0 Å². The number of hydrogen-bond acceptors (Lipinski definition) is 3. The molecule has 1 N–H and O–H groups in total. The molecule has 0 spiro atoms. The lowest BCUT2D eigenvalue weighted by Gasteiger charge is -2.41. The van der Waals surface area contributed by atoms with Gasteiger partial charge in [0.1, 0.15) is 0 Å². The van der Waals surface area contributed by atoms with E-state index in [9.17, 15) is 0 Å². The van der Waals surface area contributed by atoms with Crippen LogP contribution in [0.4, 0.5) is 0 Å². The van der Waals surface area contributed by atoms with Crippen LogP contribution in [-0.4, -0.2) is 61.7 Å². The van der Waals surface area contributed by atoms with Gasteiger partial charge in [0.05, 0.1) is 0 Å². The summed E-state index contributed by atoms with van der Waals surface area (Å²) in [5, 5.41) is 3.94. The number of rotatable bonds is 5. The first-order valence-corrected chi connectivity index (χ1v) is 9.13. The van der Waals surface area contributed by atoms with Crippen molar-refractivity contribution in [1.29, 1.82) is 0 Å². The van der Waals surface area contributed by atoms with Gasteiger partial charge in [-0.3, -0.25) is 4.90 Å². The lowest BCUT2D eigenvalue weighted by molar-refractivity contribution is 0.0819. The van der Waals surface area contributed by atoms with Crippen LogP contribution in [-0.2, 0) is 0 Å². The fourth-order valence-corrected chi connectivity index (χ4v) is 4.03. The zero-order valence-corrected chi connectivity index (χ0v) is 14.9. The van der Waals surface area contributed by atoms with Crippen LogP contribution in [0.2, 0.25) is 0 Å². The van der Waals surface area contributed by atoms with Crippen LogP contribution in [0.5, 0.6) is 0 Å². The molecule has 1 saturated heterocycles. The van der Waals surface area contributed by atoms with E-state index in [-0.39, 0.29) is 0 Å². The summed E-state index contributed by atoms with van der Waals surface area (Å²) in [6.07, 6.45) is 4.19. The van der Waals surface area contributed by atoms with Crippen LogP contribution in [0.3, 0.4) is 0 Å². The highest BCUT2D eigenvalue weighted by Crippen LogP contribution is 2.28. The van der Waals surface area contributed by atoms with Gasteiger partial charge in [-0.15, -0.1) is 0 Å². The average molecular weight is 296 g/mol. The summed E-state index contributed by atoms with van der Waals surface area (Å²) in [5.41, 5.74) is 0. The van der Waals surface area contributed by atoms with Crippen molar-refractivity contribution in [2.24, 2.45) is 17.8 Å². The fourth-order valence-electron chi connectivity index (χ4n) is 4.03. The van der Waals surface area contributed by atoms with Gasteiger partial charge in [-0.1, -0.05) is 34.1 Å². The smallest absolute Gasteiger partial charge is 0.0244 e. The molecule has 0 amide bonds. The third-order valence-corrected chi connectivity index (χ3v) is 5.82. The van der Waals surface area contributed by atoms with Gasteiger partial charge in [0.15, 0.2) is 0 Å². The third-order valence-electron chi connectivity index (χ3n) is 5.82. The molecule has 1 saturated carbocycles. The normalized spacial score (nSPS) is 34.3. The Balaban J connectivity index is 1.85. The monoisotopic (exact) mass is 295 g/mol. The molecule has 0 aromatic rings. The molecular formula is C18H37N3. The molecule has 2 aliphatic rings. The number of piperazine rings is 1. The standard InChI is InChI=1S/C18H37N3/c1-14(2)18(21-10-8-20(5)9-11-21)13-19-17-12-15(3)6-7-16(17)4/h14-19H,6-13H2,1-5H3. The minimum Gasteiger partial charge on any atom is -0.312 e. The average Bonchev–Trinajstić information content (AvgIpc) is 2.44. The van der Waals surface area contributed by atoms with Crippen molar-refractivity contribution in [1.82, 2.24) is 15.1 Å². The maximum Gasteiger partial charge on any atom is 0.0244 e. The molecule has 3 heteroatoms. The molecule has 1 aliphatic carbocycles. The van der Waals surface area contributed by atoms with E-state index in [1.807, 2.05) is 0 Å². The highest BCUT2D eigenvalue weighted by Gasteiger charge is 2.29. The van der Waals surface area contributed by atoms with Crippen molar-refractivity contribution in [3.63, 3.8) is 0 Å². The zero-order valence-electron chi connectivity index (χ0n) is 14.9. The molecule has 0 radical (unpaired) electrons.